The van der Waals surface area contributed by atoms with Crippen molar-refractivity contribution in [3.63, 3.8) is 0 Å². The lowest BCUT2D eigenvalue weighted by molar-refractivity contribution is -0.384. The highest BCUT2D eigenvalue weighted by Gasteiger charge is 2.23. The summed E-state index contributed by atoms with van der Waals surface area (Å²) in [6, 6.07) is 9.58. The van der Waals surface area contributed by atoms with Gasteiger partial charge in [0.1, 0.15) is 5.75 Å². The van der Waals surface area contributed by atoms with Gasteiger partial charge in [-0.15, -0.1) is 0 Å². The van der Waals surface area contributed by atoms with Crippen LogP contribution < -0.4 is 10.2 Å². The summed E-state index contributed by atoms with van der Waals surface area (Å²) in [6.07, 6.45) is 1.21. The molecule has 0 radical (unpaired) electrons. The largest absolute Gasteiger partial charge is 0.495 e. The van der Waals surface area contributed by atoms with E-state index < -0.39 is 27.4 Å². The zero-order valence-electron chi connectivity index (χ0n) is 15.4. The van der Waals surface area contributed by atoms with Crippen LogP contribution in [0.5, 0.6) is 5.75 Å². The van der Waals surface area contributed by atoms with Gasteiger partial charge in [-0.2, -0.15) is 9.41 Å². The van der Waals surface area contributed by atoms with Crippen LogP contribution in [-0.2, 0) is 14.8 Å². The molecule has 2 aromatic carbocycles. The van der Waals surface area contributed by atoms with E-state index in [-0.39, 0.29) is 15.6 Å². The molecule has 0 saturated carbocycles. The van der Waals surface area contributed by atoms with Gasteiger partial charge in [-0.3, -0.25) is 14.9 Å². The number of nitro benzene ring substituents is 1. The van der Waals surface area contributed by atoms with E-state index >= 15 is 0 Å². The summed E-state index contributed by atoms with van der Waals surface area (Å²) in [4.78, 5) is 22.1. The van der Waals surface area contributed by atoms with Crippen molar-refractivity contribution in [1.29, 1.82) is 0 Å². The van der Waals surface area contributed by atoms with Gasteiger partial charge in [0, 0.05) is 24.7 Å². The molecule has 0 saturated heterocycles. The summed E-state index contributed by atoms with van der Waals surface area (Å²) in [5, 5.41) is 14.5. The minimum absolute atomic E-state index is 0.0984. The summed E-state index contributed by atoms with van der Waals surface area (Å²) >= 11 is 5.95. The van der Waals surface area contributed by atoms with Gasteiger partial charge in [0.15, 0.2) is 0 Å². The van der Waals surface area contributed by atoms with Crippen LogP contribution >= 0.6 is 11.6 Å². The number of hydrogen-bond donors (Lipinski definition) is 1. The Morgan fingerprint density at radius 1 is 1.34 bits per heavy atom. The average molecular weight is 441 g/mol. The van der Waals surface area contributed by atoms with Gasteiger partial charge in [-0.05, 0) is 18.2 Å². The summed E-state index contributed by atoms with van der Waals surface area (Å²) < 4.78 is 30.9. The fraction of sp³-hybridized carbons (Fsp3) is 0.176. The number of benzene rings is 2. The number of sulfonamides is 1. The third-order valence-corrected chi connectivity index (χ3v) is 5.78. The van der Waals surface area contributed by atoms with Crippen LogP contribution in [0.25, 0.3) is 0 Å². The zero-order chi connectivity index (χ0) is 21.6. The number of carbonyl (C=O) groups is 1. The average Bonchev–Trinajstić information content (AvgIpc) is 2.68. The quantitative estimate of drug-likeness (QED) is 0.379. The SMILES string of the molecule is COc1ccc(S(=O)(=O)N(C)CC(=O)N/N=C/c2cccc([N+](=O)[O-])c2)cc1Cl. The van der Waals surface area contributed by atoms with Crippen molar-refractivity contribution in [2.75, 3.05) is 20.7 Å². The predicted octanol–water partition coefficient (Wildman–Crippen LogP) is 2.03. The monoisotopic (exact) mass is 440 g/mol. The number of ether oxygens (including phenoxy) is 1. The van der Waals surface area contributed by atoms with Crippen LogP contribution in [-0.4, -0.2) is 50.5 Å². The minimum Gasteiger partial charge on any atom is -0.495 e. The van der Waals surface area contributed by atoms with Crippen molar-refractivity contribution in [3.05, 3.63) is 63.2 Å². The van der Waals surface area contributed by atoms with Crippen LogP contribution in [0, 0.1) is 10.1 Å². The molecular weight excluding hydrogens is 424 g/mol. The maximum absolute atomic E-state index is 12.6. The van der Waals surface area contributed by atoms with Crippen LogP contribution in [0.2, 0.25) is 5.02 Å². The standard InChI is InChI=1S/C17H17ClN4O6S/c1-21(29(26,27)14-6-7-16(28-2)15(18)9-14)11-17(23)20-19-10-12-4-3-5-13(8-12)22(24)25/h3-10H,11H2,1-2H3,(H,20,23)/b19-10+. The van der Waals surface area contributed by atoms with Crippen molar-refractivity contribution in [2.24, 2.45) is 5.10 Å². The van der Waals surface area contributed by atoms with E-state index in [1.54, 1.807) is 6.07 Å². The Labute approximate surface area is 171 Å². The minimum atomic E-state index is -3.97. The Hall–Kier alpha value is -3.02. The van der Waals surface area contributed by atoms with Gasteiger partial charge in [-0.1, -0.05) is 23.7 Å². The summed E-state index contributed by atoms with van der Waals surface area (Å²) in [7, 11) is -1.33. The number of carbonyl (C=O) groups excluding carboxylic acids is 1. The van der Waals surface area contributed by atoms with E-state index in [0.29, 0.717) is 11.3 Å². The predicted molar refractivity (Wildman–Crippen MR) is 107 cm³/mol. The van der Waals surface area contributed by atoms with Gasteiger partial charge >= 0.3 is 0 Å². The summed E-state index contributed by atoms with van der Waals surface area (Å²) in [5.41, 5.74) is 2.45. The Morgan fingerprint density at radius 2 is 2.07 bits per heavy atom. The second-order valence-corrected chi connectivity index (χ2v) is 8.15. The molecule has 2 rings (SSSR count). The van der Waals surface area contributed by atoms with Gasteiger partial charge in [0.05, 0.1) is 34.7 Å². The van der Waals surface area contributed by atoms with Gasteiger partial charge < -0.3 is 4.74 Å². The molecule has 0 unspecified atom stereocenters. The Kier molecular flexibility index (Phi) is 7.26. The van der Waals surface area contributed by atoms with Crippen molar-refractivity contribution >= 4 is 39.4 Å². The van der Waals surface area contributed by atoms with Crippen molar-refractivity contribution in [2.45, 2.75) is 4.90 Å². The molecule has 1 amide bonds. The molecule has 10 nitrogen and oxygen atoms in total. The van der Waals surface area contributed by atoms with E-state index in [2.05, 4.69) is 10.5 Å². The van der Waals surface area contributed by atoms with Crippen LogP contribution in [0.1, 0.15) is 5.56 Å². The molecule has 0 aliphatic rings. The lowest BCUT2D eigenvalue weighted by atomic mass is 10.2. The molecule has 2 aromatic rings. The van der Waals surface area contributed by atoms with E-state index in [0.717, 1.165) is 4.31 Å². The van der Waals surface area contributed by atoms with Crippen LogP contribution in [0.4, 0.5) is 5.69 Å². The highest BCUT2D eigenvalue weighted by molar-refractivity contribution is 7.89. The van der Waals surface area contributed by atoms with Gasteiger partial charge in [0.2, 0.25) is 10.0 Å². The number of non-ortho nitro benzene ring substituents is 1. The molecule has 0 heterocycles. The number of halogens is 1. The Balaban J connectivity index is 2.01. The molecule has 154 valence electrons. The Morgan fingerprint density at radius 3 is 2.69 bits per heavy atom. The number of hydrogen-bond acceptors (Lipinski definition) is 7. The molecule has 0 aromatic heterocycles. The fourth-order valence-corrected chi connectivity index (χ4v) is 3.68. The number of nitrogens with one attached hydrogen (secondary N) is 1. The second kappa shape index (κ2) is 9.45. The summed E-state index contributed by atoms with van der Waals surface area (Å²) in [5.74, 6) is -0.376. The number of methoxy groups -OCH3 is 1. The molecule has 1 N–H and O–H groups in total. The third kappa shape index (κ3) is 5.73. The maximum atomic E-state index is 12.6. The number of amides is 1. The van der Waals surface area contributed by atoms with Crippen molar-refractivity contribution < 1.29 is 22.9 Å². The Bertz CT molecular complexity index is 1060. The van der Waals surface area contributed by atoms with E-state index in [9.17, 15) is 23.3 Å². The number of nitro groups is 1. The first kappa shape index (κ1) is 22.3. The topological polar surface area (TPSA) is 131 Å². The number of hydrazone groups is 1. The van der Waals surface area contributed by atoms with Crippen LogP contribution in [0.3, 0.4) is 0 Å². The van der Waals surface area contributed by atoms with Gasteiger partial charge in [0.25, 0.3) is 11.6 Å². The highest BCUT2D eigenvalue weighted by Crippen LogP contribution is 2.28. The fourth-order valence-electron chi connectivity index (χ4n) is 2.21. The number of rotatable bonds is 8. The van der Waals surface area contributed by atoms with E-state index in [1.807, 2.05) is 0 Å². The summed E-state index contributed by atoms with van der Waals surface area (Å²) in [6.45, 7) is -0.502. The molecular formula is C17H17ClN4O6S. The third-order valence-electron chi connectivity index (χ3n) is 3.68. The molecule has 0 atom stereocenters. The van der Waals surface area contributed by atoms with Crippen molar-refractivity contribution in [1.82, 2.24) is 9.73 Å². The number of nitrogens with zero attached hydrogens (tertiary/aromatic N) is 3. The molecule has 0 aliphatic carbocycles. The van der Waals surface area contributed by atoms with Crippen LogP contribution in [0.15, 0.2) is 52.5 Å². The van der Waals surface area contributed by atoms with E-state index in [4.69, 9.17) is 16.3 Å². The molecule has 0 bridgehead atoms. The number of likely N-dealkylation sites (N-methyl/N-ethyl adjacent to an activating group) is 1. The van der Waals surface area contributed by atoms with Gasteiger partial charge in [-0.25, -0.2) is 13.8 Å². The smallest absolute Gasteiger partial charge is 0.270 e. The first-order valence-electron chi connectivity index (χ1n) is 8.01. The lowest BCUT2D eigenvalue weighted by Crippen LogP contribution is -2.36. The van der Waals surface area contributed by atoms with Crippen molar-refractivity contribution in [3.8, 4) is 5.75 Å². The lowest BCUT2D eigenvalue weighted by Gasteiger charge is -2.16. The maximum Gasteiger partial charge on any atom is 0.270 e. The molecule has 0 aliphatic heterocycles. The highest BCUT2D eigenvalue weighted by atomic mass is 35.5. The first-order valence-corrected chi connectivity index (χ1v) is 9.83. The zero-order valence-corrected chi connectivity index (χ0v) is 17.0. The van der Waals surface area contributed by atoms with E-state index in [1.165, 1.54) is 56.8 Å². The molecule has 0 spiro atoms. The second-order valence-electron chi connectivity index (χ2n) is 5.70. The normalized spacial score (nSPS) is 11.6. The molecule has 29 heavy (non-hydrogen) atoms. The molecule has 0 fully saturated rings. The molecule has 12 heteroatoms. The first-order chi connectivity index (χ1) is 13.6.